The van der Waals surface area contributed by atoms with Gasteiger partial charge in [0.2, 0.25) is 0 Å². The van der Waals surface area contributed by atoms with E-state index in [9.17, 15) is 4.79 Å². The molecule has 3 nitrogen and oxygen atoms in total. The van der Waals surface area contributed by atoms with Crippen molar-refractivity contribution >= 4 is 22.5 Å². The Morgan fingerprint density at radius 3 is 2.35 bits per heavy atom. The number of para-hydroxylation sites is 1. The summed E-state index contributed by atoms with van der Waals surface area (Å²) in [4.78, 5) is 20.1. The van der Waals surface area contributed by atoms with E-state index in [2.05, 4.69) is 32.0 Å². The number of aryl methyl sites for hydroxylation is 4. The Morgan fingerprint density at radius 2 is 1.69 bits per heavy atom. The van der Waals surface area contributed by atoms with E-state index in [0.29, 0.717) is 6.54 Å². The summed E-state index contributed by atoms with van der Waals surface area (Å²) >= 11 is 0. The second-order valence-corrected chi connectivity index (χ2v) is 7.03. The van der Waals surface area contributed by atoms with Crippen molar-refractivity contribution in [3.8, 4) is 0 Å². The van der Waals surface area contributed by atoms with Crippen LogP contribution in [0.4, 0.5) is 5.69 Å². The number of fused-ring (bicyclic) bond motifs is 1. The average molecular weight is 346 g/mol. The summed E-state index contributed by atoms with van der Waals surface area (Å²) < 4.78 is 0. The molecule has 0 unspecified atom stereocenters. The highest BCUT2D eigenvalue weighted by Crippen LogP contribution is 2.28. The lowest BCUT2D eigenvalue weighted by Crippen LogP contribution is -2.33. The van der Waals surface area contributed by atoms with Crippen LogP contribution >= 0.6 is 0 Å². The number of carbonyl (C=O) groups is 1. The van der Waals surface area contributed by atoms with Gasteiger partial charge in [-0.2, -0.15) is 0 Å². The molecule has 134 valence electrons. The summed E-state index contributed by atoms with van der Waals surface area (Å²) in [5.74, 6) is 0.0534. The molecule has 0 radical (unpaired) electrons. The summed E-state index contributed by atoms with van der Waals surface area (Å²) in [5.41, 5.74) is 6.76. The molecule has 0 N–H and O–H groups in total. The second kappa shape index (κ2) is 7.28. The first-order valence-corrected chi connectivity index (χ1v) is 9.18. The number of rotatable bonds is 4. The maximum atomic E-state index is 13.5. The highest BCUT2D eigenvalue weighted by molar-refractivity contribution is 6.11. The van der Waals surface area contributed by atoms with Crippen LogP contribution in [0.25, 0.3) is 10.9 Å². The molecule has 26 heavy (non-hydrogen) atoms. The molecule has 1 heterocycles. The average Bonchev–Trinajstić information content (AvgIpc) is 2.58. The molecule has 3 rings (SSSR count). The van der Waals surface area contributed by atoms with Gasteiger partial charge in [-0.3, -0.25) is 9.78 Å². The third-order valence-corrected chi connectivity index (χ3v) is 4.71. The van der Waals surface area contributed by atoms with Crippen LogP contribution in [0.5, 0.6) is 0 Å². The molecular weight excluding hydrogens is 320 g/mol. The largest absolute Gasteiger partial charge is 0.306 e. The Labute approximate surface area is 155 Å². The van der Waals surface area contributed by atoms with E-state index in [1.807, 2.05) is 49.9 Å². The van der Waals surface area contributed by atoms with Crippen molar-refractivity contribution < 1.29 is 4.79 Å². The number of hydrogen-bond donors (Lipinski definition) is 0. The van der Waals surface area contributed by atoms with Crippen molar-refractivity contribution in [3.63, 3.8) is 0 Å². The van der Waals surface area contributed by atoms with Gasteiger partial charge in [0.25, 0.3) is 5.91 Å². The minimum absolute atomic E-state index is 0.0534. The number of amides is 1. The Kier molecular flexibility index (Phi) is 5.08. The Morgan fingerprint density at radius 1 is 1.00 bits per heavy atom. The van der Waals surface area contributed by atoms with Gasteiger partial charge in [-0.25, -0.2) is 0 Å². The van der Waals surface area contributed by atoms with E-state index < -0.39 is 0 Å². The molecule has 0 saturated carbocycles. The number of pyridine rings is 1. The van der Waals surface area contributed by atoms with Gasteiger partial charge in [0.1, 0.15) is 0 Å². The summed E-state index contributed by atoms with van der Waals surface area (Å²) in [6, 6.07) is 14.3. The van der Waals surface area contributed by atoms with Gasteiger partial charge in [0, 0.05) is 23.2 Å². The van der Waals surface area contributed by atoms with E-state index in [4.69, 9.17) is 4.98 Å². The molecule has 0 fully saturated rings. The first kappa shape index (κ1) is 18.1. The van der Waals surface area contributed by atoms with Crippen molar-refractivity contribution in [2.75, 3.05) is 11.4 Å². The Hall–Kier alpha value is -2.68. The van der Waals surface area contributed by atoms with Gasteiger partial charge in [-0.05, 0) is 57.4 Å². The third kappa shape index (κ3) is 3.34. The van der Waals surface area contributed by atoms with Gasteiger partial charge >= 0.3 is 0 Å². The molecule has 1 amide bonds. The van der Waals surface area contributed by atoms with Gasteiger partial charge in [-0.1, -0.05) is 42.8 Å². The van der Waals surface area contributed by atoms with Crippen LogP contribution < -0.4 is 4.90 Å². The standard InChI is InChI=1S/C23H26N2O/c1-6-12-25(23(26)21-16(3)13-15(2)14-17(21)4)20-9-7-8-19-11-10-18(5)24-22(19)20/h7-11,13-14H,6,12H2,1-5H3. The van der Waals surface area contributed by atoms with Gasteiger partial charge in [0.05, 0.1) is 11.2 Å². The van der Waals surface area contributed by atoms with E-state index >= 15 is 0 Å². The van der Waals surface area contributed by atoms with Crippen LogP contribution in [0.3, 0.4) is 0 Å². The SMILES string of the molecule is CCCN(C(=O)c1c(C)cc(C)cc1C)c1cccc2ccc(C)nc12. The van der Waals surface area contributed by atoms with Crippen molar-refractivity contribution in [1.82, 2.24) is 4.98 Å². The number of anilines is 1. The van der Waals surface area contributed by atoms with Crippen LogP contribution in [0.15, 0.2) is 42.5 Å². The normalized spacial score (nSPS) is 11.0. The minimum atomic E-state index is 0.0534. The lowest BCUT2D eigenvalue weighted by atomic mass is 9.98. The molecule has 0 spiro atoms. The zero-order valence-corrected chi connectivity index (χ0v) is 16.3. The predicted molar refractivity (Wildman–Crippen MR) is 109 cm³/mol. The van der Waals surface area contributed by atoms with Gasteiger partial charge in [-0.15, -0.1) is 0 Å². The Bertz CT molecular complexity index is 952. The van der Waals surface area contributed by atoms with Crippen LogP contribution in [0.1, 0.15) is 46.1 Å². The first-order chi connectivity index (χ1) is 12.4. The number of nitrogens with zero attached hydrogens (tertiary/aromatic N) is 2. The van der Waals surface area contributed by atoms with E-state index in [1.165, 1.54) is 5.56 Å². The molecule has 0 atom stereocenters. The summed E-state index contributed by atoms with van der Waals surface area (Å²) in [5, 5.41) is 1.05. The quantitative estimate of drug-likeness (QED) is 0.623. The van der Waals surface area contributed by atoms with Crippen LogP contribution in [0.2, 0.25) is 0 Å². The molecule has 0 aliphatic rings. The number of aromatic nitrogens is 1. The van der Waals surface area contributed by atoms with E-state index in [1.54, 1.807) is 0 Å². The molecule has 0 aliphatic heterocycles. The van der Waals surface area contributed by atoms with E-state index in [0.717, 1.165) is 45.4 Å². The summed E-state index contributed by atoms with van der Waals surface area (Å²) in [7, 11) is 0. The maximum Gasteiger partial charge on any atom is 0.258 e. The summed E-state index contributed by atoms with van der Waals surface area (Å²) in [6.07, 6.45) is 0.887. The zero-order chi connectivity index (χ0) is 18.8. The molecule has 3 heteroatoms. The monoisotopic (exact) mass is 346 g/mol. The lowest BCUT2D eigenvalue weighted by molar-refractivity contribution is 0.0986. The van der Waals surface area contributed by atoms with Crippen molar-refractivity contribution in [2.45, 2.75) is 41.0 Å². The fourth-order valence-corrected chi connectivity index (χ4v) is 3.65. The second-order valence-electron chi connectivity index (χ2n) is 7.03. The van der Waals surface area contributed by atoms with Crippen molar-refractivity contribution in [2.24, 2.45) is 0 Å². The lowest BCUT2D eigenvalue weighted by Gasteiger charge is -2.25. The molecule has 1 aromatic heterocycles. The smallest absolute Gasteiger partial charge is 0.258 e. The minimum Gasteiger partial charge on any atom is -0.306 e. The van der Waals surface area contributed by atoms with Gasteiger partial charge in [0.15, 0.2) is 0 Å². The predicted octanol–water partition coefficient (Wildman–Crippen LogP) is 5.53. The van der Waals surface area contributed by atoms with Crippen molar-refractivity contribution in [1.29, 1.82) is 0 Å². The topological polar surface area (TPSA) is 33.2 Å². The Balaban J connectivity index is 2.17. The van der Waals surface area contributed by atoms with Gasteiger partial charge < -0.3 is 4.90 Å². The number of carbonyl (C=O) groups excluding carboxylic acids is 1. The highest BCUT2D eigenvalue weighted by Gasteiger charge is 2.22. The van der Waals surface area contributed by atoms with Crippen molar-refractivity contribution in [3.05, 3.63) is 70.4 Å². The fourth-order valence-electron chi connectivity index (χ4n) is 3.65. The molecular formula is C23H26N2O. The molecule has 0 bridgehead atoms. The first-order valence-electron chi connectivity index (χ1n) is 9.18. The highest BCUT2D eigenvalue weighted by atomic mass is 16.2. The molecule has 2 aromatic carbocycles. The fraction of sp³-hybridized carbons (Fsp3) is 0.304. The zero-order valence-electron chi connectivity index (χ0n) is 16.3. The molecule has 3 aromatic rings. The van der Waals surface area contributed by atoms with Crippen LogP contribution in [0, 0.1) is 27.7 Å². The number of benzene rings is 2. The third-order valence-electron chi connectivity index (χ3n) is 4.71. The van der Waals surface area contributed by atoms with Crippen LogP contribution in [-0.2, 0) is 0 Å². The summed E-state index contributed by atoms with van der Waals surface area (Å²) in [6.45, 7) is 10.8. The maximum absolute atomic E-state index is 13.5. The molecule has 0 saturated heterocycles. The van der Waals surface area contributed by atoms with E-state index in [-0.39, 0.29) is 5.91 Å². The van der Waals surface area contributed by atoms with Crippen LogP contribution in [-0.4, -0.2) is 17.4 Å². The number of hydrogen-bond acceptors (Lipinski definition) is 2. The molecule has 0 aliphatic carbocycles.